The predicted molar refractivity (Wildman–Crippen MR) is 129 cm³/mol. The molecule has 0 aliphatic rings. The number of hydrazone groups is 1. The number of carbonyl (C=O) groups is 2. The molecule has 2 amide bonds. The van der Waals surface area contributed by atoms with Crippen LogP contribution >= 0.6 is 23.2 Å². The molecule has 0 saturated heterocycles. The normalized spacial score (nSPS) is 11.3. The molecule has 0 aliphatic carbocycles. The lowest BCUT2D eigenvalue weighted by molar-refractivity contribution is -0.118. The van der Waals surface area contributed by atoms with Crippen LogP contribution in [0, 0.1) is 13.8 Å². The van der Waals surface area contributed by atoms with Gasteiger partial charge in [-0.15, -0.1) is 0 Å². The van der Waals surface area contributed by atoms with Crippen molar-refractivity contribution in [2.24, 2.45) is 12.1 Å². The van der Waals surface area contributed by atoms with Crippen molar-refractivity contribution in [3.05, 3.63) is 75.0 Å². The van der Waals surface area contributed by atoms with Crippen molar-refractivity contribution in [3.8, 4) is 5.75 Å². The fourth-order valence-corrected chi connectivity index (χ4v) is 3.51. The van der Waals surface area contributed by atoms with E-state index in [1.807, 2.05) is 6.92 Å². The summed E-state index contributed by atoms with van der Waals surface area (Å²) in [6.45, 7) is 5.20. The number of anilines is 1. The van der Waals surface area contributed by atoms with E-state index >= 15 is 0 Å². The Bertz CT molecular complexity index is 1220. The molecule has 0 fully saturated rings. The number of aromatic nitrogens is 2. The van der Waals surface area contributed by atoms with E-state index < -0.39 is 5.91 Å². The van der Waals surface area contributed by atoms with Crippen LogP contribution in [0.4, 0.5) is 5.69 Å². The van der Waals surface area contributed by atoms with Gasteiger partial charge in [0.15, 0.2) is 6.61 Å². The molecule has 3 rings (SSSR count). The minimum atomic E-state index is -0.456. The molecule has 8 nitrogen and oxygen atoms in total. The Kier molecular flexibility index (Phi) is 7.73. The second kappa shape index (κ2) is 10.5. The largest absolute Gasteiger partial charge is 0.483 e. The van der Waals surface area contributed by atoms with Crippen molar-refractivity contribution in [2.75, 3.05) is 11.9 Å². The predicted octanol–water partition coefficient (Wildman–Crippen LogP) is 4.52. The summed E-state index contributed by atoms with van der Waals surface area (Å²) in [6, 6.07) is 12.2. The quantitative estimate of drug-likeness (QED) is 0.378. The number of carbonyl (C=O) groups excluding carboxylic acids is 2. The van der Waals surface area contributed by atoms with E-state index in [1.165, 1.54) is 4.68 Å². The molecule has 0 spiro atoms. The minimum absolute atomic E-state index is 0.132. The third-order valence-electron chi connectivity index (χ3n) is 4.77. The van der Waals surface area contributed by atoms with Gasteiger partial charge < -0.3 is 10.1 Å². The van der Waals surface area contributed by atoms with Crippen molar-refractivity contribution < 1.29 is 14.3 Å². The maximum atomic E-state index is 12.4. The van der Waals surface area contributed by atoms with Crippen molar-refractivity contribution in [3.63, 3.8) is 0 Å². The number of rotatable bonds is 7. The van der Waals surface area contributed by atoms with Gasteiger partial charge in [0, 0.05) is 17.8 Å². The zero-order valence-corrected chi connectivity index (χ0v) is 20.1. The van der Waals surface area contributed by atoms with Gasteiger partial charge in [0.2, 0.25) is 0 Å². The van der Waals surface area contributed by atoms with Crippen LogP contribution in [-0.4, -0.2) is 33.9 Å². The molecule has 10 heteroatoms. The zero-order valence-electron chi connectivity index (χ0n) is 18.6. The monoisotopic (exact) mass is 487 g/mol. The third-order valence-corrected chi connectivity index (χ3v) is 5.46. The first-order valence-corrected chi connectivity index (χ1v) is 10.7. The first-order chi connectivity index (χ1) is 15.7. The number of ether oxygens (including phenoxy) is 1. The average molecular weight is 488 g/mol. The van der Waals surface area contributed by atoms with Crippen molar-refractivity contribution in [1.82, 2.24) is 15.2 Å². The van der Waals surface area contributed by atoms with Crippen LogP contribution in [0.5, 0.6) is 5.75 Å². The van der Waals surface area contributed by atoms with Crippen LogP contribution in [-0.2, 0) is 11.8 Å². The van der Waals surface area contributed by atoms with Crippen LogP contribution in [0.25, 0.3) is 0 Å². The lowest BCUT2D eigenvalue weighted by Gasteiger charge is -2.10. The minimum Gasteiger partial charge on any atom is -0.483 e. The van der Waals surface area contributed by atoms with E-state index in [4.69, 9.17) is 27.9 Å². The Hall–Kier alpha value is -3.36. The van der Waals surface area contributed by atoms with Crippen molar-refractivity contribution in [2.45, 2.75) is 20.8 Å². The molecule has 3 aromatic rings. The van der Waals surface area contributed by atoms with Gasteiger partial charge in [-0.3, -0.25) is 14.3 Å². The highest BCUT2D eigenvalue weighted by Gasteiger charge is 2.18. The summed E-state index contributed by atoms with van der Waals surface area (Å²) in [6.07, 6.45) is 0. The van der Waals surface area contributed by atoms with Gasteiger partial charge in [0.05, 0.1) is 16.4 Å². The lowest BCUT2D eigenvalue weighted by atomic mass is 10.1. The Morgan fingerprint density at radius 2 is 1.82 bits per heavy atom. The first-order valence-electron chi connectivity index (χ1n) is 9.98. The highest BCUT2D eigenvalue weighted by atomic mass is 35.5. The summed E-state index contributed by atoms with van der Waals surface area (Å²) in [7, 11) is 1.64. The van der Waals surface area contributed by atoms with E-state index in [2.05, 4.69) is 20.9 Å². The van der Waals surface area contributed by atoms with Gasteiger partial charge >= 0.3 is 0 Å². The number of amides is 2. The fourth-order valence-electron chi connectivity index (χ4n) is 3.04. The molecule has 0 atom stereocenters. The van der Waals surface area contributed by atoms with E-state index in [-0.39, 0.29) is 23.2 Å². The number of benzene rings is 2. The summed E-state index contributed by atoms with van der Waals surface area (Å²) in [5.41, 5.74) is 6.10. The molecule has 0 saturated carbocycles. The summed E-state index contributed by atoms with van der Waals surface area (Å²) in [5, 5.41) is 11.9. The fraction of sp³-hybridized carbons (Fsp3) is 0.217. The standard InChI is InChI=1S/C23H23Cl2N5O3/c1-13-11-17(24)7-10-19(13)33-12-20(31)26-18-8-5-16(6-9-18)14(2)27-28-23(32)22-21(25)15(3)29-30(22)4/h5-11H,12H2,1-4H3,(H,26,31)(H,28,32). The molecular weight excluding hydrogens is 465 g/mol. The highest BCUT2D eigenvalue weighted by molar-refractivity contribution is 6.34. The Morgan fingerprint density at radius 3 is 2.42 bits per heavy atom. The van der Waals surface area contributed by atoms with Crippen LogP contribution < -0.4 is 15.5 Å². The van der Waals surface area contributed by atoms with E-state index in [1.54, 1.807) is 63.4 Å². The molecule has 0 bridgehead atoms. The van der Waals surface area contributed by atoms with Gasteiger partial charge in [-0.05, 0) is 62.2 Å². The molecular formula is C23H23Cl2N5O3. The van der Waals surface area contributed by atoms with E-state index in [9.17, 15) is 9.59 Å². The number of nitrogens with one attached hydrogen (secondary N) is 2. The van der Waals surface area contributed by atoms with Crippen LogP contribution in [0.2, 0.25) is 10.0 Å². The maximum Gasteiger partial charge on any atom is 0.291 e. The second-order valence-corrected chi connectivity index (χ2v) is 8.15. The first kappa shape index (κ1) is 24.3. The second-order valence-electron chi connectivity index (χ2n) is 7.33. The smallest absolute Gasteiger partial charge is 0.291 e. The van der Waals surface area contributed by atoms with Gasteiger partial charge in [-0.1, -0.05) is 35.3 Å². The summed E-state index contributed by atoms with van der Waals surface area (Å²) in [5.74, 6) is -0.151. The number of halogens is 2. The number of hydrogen-bond acceptors (Lipinski definition) is 5. The molecule has 2 aromatic carbocycles. The molecule has 33 heavy (non-hydrogen) atoms. The van der Waals surface area contributed by atoms with Crippen molar-refractivity contribution in [1.29, 1.82) is 0 Å². The maximum absolute atomic E-state index is 12.4. The van der Waals surface area contributed by atoms with E-state index in [0.717, 1.165) is 11.1 Å². The summed E-state index contributed by atoms with van der Waals surface area (Å²) >= 11 is 12.1. The van der Waals surface area contributed by atoms with Crippen molar-refractivity contribution >= 4 is 46.4 Å². The Labute approximate surface area is 201 Å². The van der Waals surface area contributed by atoms with Crippen LogP contribution in [0.3, 0.4) is 0 Å². The number of aryl methyl sites for hydroxylation is 3. The zero-order chi connectivity index (χ0) is 24.1. The van der Waals surface area contributed by atoms with Gasteiger partial charge in [0.25, 0.3) is 11.8 Å². The summed E-state index contributed by atoms with van der Waals surface area (Å²) in [4.78, 5) is 24.6. The van der Waals surface area contributed by atoms with Crippen LogP contribution in [0.1, 0.15) is 34.2 Å². The van der Waals surface area contributed by atoms with Gasteiger partial charge in [0.1, 0.15) is 11.4 Å². The molecule has 1 heterocycles. The highest BCUT2D eigenvalue weighted by Crippen LogP contribution is 2.22. The number of nitrogens with zero attached hydrogens (tertiary/aromatic N) is 3. The Balaban J connectivity index is 1.56. The van der Waals surface area contributed by atoms with E-state index in [0.29, 0.717) is 27.9 Å². The Morgan fingerprint density at radius 1 is 1.12 bits per heavy atom. The van der Waals surface area contributed by atoms with Gasteiger partial charge in [-0.25, -0.2) is 5.43 Å². The van der Waals surface area contributed by atoms with Crippen LogP contribution in [0.15, 0.2) is 47.6 Å². The molecule has 0 aliphatic heterocycles. The SMILES string of the molecule is CC(=NNC(=O)c1c(Cl)c(C)nn1C)c1ccc(NC(=O)COc2ccc(Cl)cc2C)cc1. The molecule has 0 unspecified atom stereocenters. The lowest BCUT2D eigenvalue weighted by Crippen LogP contribution is -2.22. The third kappa shape index (κ3) is 6.12. The topological polar surface area (TPSA) is 97.6 Å². The molecule has 172 valence electrons. The summed E-state index contributed by atoms with van der Waals surface area (Å²) < 4.78 is 6.96. The molecule has 1 aromatic heterocycles. The number of hydrogen-bond donors (Lipinski definition) is 2. The average Bonchev–Trinajstić information content (AvgIpc) is 3.03. The van der Waals surface area contributed by atoms with Gasteiger partial charge in [-0.2, -0.15) is 10.2 Å². The molecule has 0 radical (unpaired) electrons. The molecule has 2 N–H and O–H groups in total.